The van der Waals surface area contributed by atoms with Gasteiger partial charge in [-0.25, -0.2) is 0 Å². The highest BCUT2D eigenvalue weighted by atomic mass is 35.5. The number of anilines is 1. The van der Waals surface area contributed by atoms with Gasteiger partial charge in [-0.3, -0.25) is 9.59 Å². The van der Waals surface area contributed by atoms with Gasteiger partial charge in [0.1, 0.15) is 13.1 Å². The quantitative estimate of drug-likeness (QED) is 0.620. The average molecular weight is 461 g/mol. The Kier molecular flexibility index (Phi) is 7.50. The number of amides is 2. The van der Waals surface area contributed by atoms with E-state index in [-0.39, 0.29) is 11.8 Å². The van der Waals surface area contributed by atoms with Gasteiger partial charge in [0.2, 0.25) is 5.91 Å². The van der Waals surface area contributed by atoms with Crippen LogP contribution in [0.25, 0.3) is 0 Å². The number of morpholine rings is 1. The van der Waals surface area contributed by atoms with Crippen molar-refractivity contribution in [3.8, 4) is 0 Å². The molecule has 2 aromatic carbocycles. The van der Waals surface area contributed by atoms with Gasteiger partial charge < -0.3 is 19.9 Å². The minimum absolute atomic E-state index is 0.0403. The topological polar surface area (TPSA) is 63.1 Å². The highest BCUT2D eigenvalue weighted by Crippen LogP contribution is 2.37. The zero-order valence-electron chi connectivity index (χ0n) is 17.4. The summed E-state index contributed by atoms with van der Waals surface area (Å²) in [5, 5.41) is 3.68. The molecule has 0 atom stereocenters. The van der Waals surface area contributed by atoms with Crippen molar-refractivity contribution < 1.29 is 19.2 Å². The van der Waals surface area contributed by atoms with E-state index in [1.807, 2.05) is 42.5 Å². The van der Waals surface area contributed by atoms with Crippen LogP contribution in [0.5, 0.6) is 0 Å². The van der Waals surface area contributed by atoms with E-state index in [9.17, 15) is 9.59 Å². The molecule has 0 bridgehead atoms. The first-order chi connectivity index (χ1) is 15.1. The van der Waals surface area contributed by atoms with Gasteiger partial charge in [0.25, 0.3) is 5.91 Å². The number of nitrogens with one attached hydrogen (secondary N) is 2. The monoisotopic (exact) mass is 460 g/mol. The molecular weight excluding hydrogens is 434 g/mol. The van der Waals surface area contributed by atoms with E-state index in [1.54, 1.807) is 4.90 Å². The maximum Gasteiger partial charge on any atom is 0.251 e. The fourth-order valence-corrected chi connectivity index (χ4v) is 4.88. The number of fused-ring (bicyclic) bond motifs is 1. The molecule has 0 saturated carbocycles. The Balaban J connectivity index is 1.39. The lowest BCUT2D eigenvalue weighted by molar-refractivity contribution is -0.908. The third kappa shape index (κ3) is 5.80. The third-order valence-electron chi connectivity index (χ3n) is 5.61. The Bertz CT molecular complexity index is 932. The molecule has 0 radical (unpaired) electrons. The number of thioether (sulfide) groups is 1. The second-order valence-electron chi connectivity index (χ2n) is 7.80. The van der Waals surface area contributed by atoms with Crippen molar-refractivity contribution in [3.05, 3.63) is 58.6 Å². The maximum atomic E-state index is 12.7. The Morgan fingerprint density at radius 1 is 1.16 bits per heavy atom. The highest BCUT2D eigenvalue weighted by molar-refractivity contribution is 8.00. The lowest BCUT2D eigenvalue weighted by atomic mass is 10.1. The second-order valence-corrected chi connectivity index (χ2v) is 9.25. The Hall–Kier alpha value is -2.06. The summed E-state index contributed by atoms with van der Waals surface area (Å²) >= 11 is 7.50. The predicted octanol–water partition coefficient (Wildman–Crippen LogP) is 2.01. The van der Waals surface area contributed by atoms with Gasteiger partial charge in [-0.05, 0) is 35.9 Å². The molecule has 2 aliphatic rings. The molecule has 6 nitrogen and oxygen atoms in total. The maximum absolute atomic E-state index is 12.7. The van der Waals surface area contributed by atoms with Gasteiger partial charge in [0.15, 0.2) is 0 Å². The molecule has 1 saturated heterocycles. The van der Waals surface area contributed by atoms with Crippen LogP contribution < -0.4 is 15.1 Å². The number of nitrogens with zero attached hydrogens (tertiary/aromatic N) is 1. The first-order valence-corrected chi connectivity index (χ1v) is 12.0. The van der Waals surface area contributed by atoms with Crippen molar-refractivity contribution in [2.75, 3.05) is 50.0 Å². The van der Waals surface area contributed by atoms with Crippen LogP contribution in [0.15, 0.2) is 47.4 Å². The number of benzene rings is 2. The largest absolute Gasteiger partial charge is 0.370 e. The van der Waals surface area contributed by atoms with Crippen molar-refractivity contribution in [1.82, 2.24) is 5.32 Å². The Labute approximate surface area is 191 Å². The molecule has 8 heteroatoms. The number of hydrogen-bond donors (Lipinski definition) is 2. The molecular formula is C23H27ClN3O3S+. The average Bonchev–Trinajstić information content (AvgIpc) is 2.80. The summed E-state index contributed by atoms with van der Waals surface area (Å²) in [5.41, 5.74) is 2.37. The molecule has 0 unspecified atom stereocenters. The third-order valence-corrected chi connectivity index (χ3v) is 6.91. The van der Waals surface area contributed by atoms with E-state index in [0.717, 1.165) is 55.4 Å². The molecule has 2 aliphatic heterocycles. The predicted molar refractivity (Wildman–Crippen MR) is 123 cm³/mol. The summed E-state index contributed by atoms with van der Waals surface area (Å²) in [7, 11) is 0. The second kappa shape index (κ2) is 10.5. The summed E-state index contributed by atoms with van der Waals surface area (Å²) in [5.74, 6) is 0.337. The number of rotatable bonds is 7. The molecule has 164 valence electrons. The molecule has 2 amide bonds. The zero-order valence-corrected chi connectivity index (χ0v) is 18.9. The van der Waals surface area contributed by atoms with Crippen LogP contribution in [-0.4, -0.2) is 57.0 Å². The molecule has 0 aromatic heterocycles. The summed E-state index contributed by atoms with van der Waals surface area (Å²) in [6.07, 6.45) is 0.934. The van der Waals surface area contributed by atoms with Gasteiger partial charge in [0, 0.05) is 28.4 Å². The van der Waals surface area contributed by atoms with Crippen LogP contribution in [0, 0.1) is 0 Å². The van der Waals surface area contributed by atoms with E-state index in [1.165, 1.54) is 16.7 Å². The van der Waals surface area contributed by atoms with Gasteiger partial charge in [-0.15, -0.1) is 11.8 Å². The lowest BCUT2D eigenvalue weighted by Gasteiger charge is -2.29. The van der Waals surface area contributed by atoms with Crippen LogP contribution in [0.1, 0.15) is 22.3 Å². The molecule has 4 rings (SSSR count). The van der Waals surface area contributed by atoms with E-state index >= 15 is 0 Å². The molecule has 0 spiro atoms. The summed E-state index contributed by atoms with van der Waals surface area (Å²) in [6.45, 7) is 5.84. The van der Waals surface area contributed by atoms with E-state index in [4.69, 9.17) is 16.3 Å². The number of halogens is 1. The normalized spacial score (nSPS) is 16.8. The van der Waals surface area contributed by atoms with Crippen LogP contribution in [0.3, 0.4) is 0 Å². The summed E-state index contributed by atoms with van der Waals surface area (Å²) in [6, 6.07) is 13.1. The number of quaternary nitrogens is 1. The van der Waals surface area contributed by atoms with E-state index < -0.39 is 0 Å². The van der Waals surface area contributed by atoms with Crippen LogP contribution in [0.2, 0.25) is 5.02 Å². The SMILES string of the molecule is O=C(NCCC[NH+]1CCOCC1)c1ccc2c(c1)N(Cc1ccc(Cl)cc1)C(=O)CS2. The van der Waals surface area contributed by atoms with Crippen molar-refractivity contribution in [1.29, 1.82) is 0 Å². The van der Waals surface area contributed by atoms with Crippen molar-refractivity contribution in [2.24, 2.45) is 0 Å². The fraction of sp³-hybridized carbons (Fsp3) is 0.391. The summed E-state index contributed by atoms with van der Waals surface area (Å²) in [4.78, 5) is 29.6. The number of ether oxygens (including phenoxy) is 1. The smallest absolute Gasteiger partial charge is 0.251 e. The fourth-order valence-electron chi connectivity index (χ4n) is 3.84. The van der Waals surface area contributed by atoms with E-state index in [0.29, 0.717) is 29.4 Å². The number of hydrogen-bond acceptors (Lipinski definition) is 4. The van der Waals surface area contributed by atoms with Crippen LogP contribution >= 0.6 is 23.4 Å². The molecule has 2 heterocycles. The van der Waals surface area contributed by atoms with Gasteiger partial charge in [0.05, 0.1) is 37.7 Å². The molecule has 0 aliphatic carbocycles. The Morgan fingerprint density at radius 2 is 1.94 bits per heavy atom. The van der Waals surface area contributed by atoms with Crippen LogP contribution in [-0.2, 0) is 16.1 Å². The molecule has 2 aromatic rings. The van der Waals surface area contributed by atoms with Gasteiger partial charge >= 0.3 is 0 Å². The Morgan fingerprint density at radius 3 is 2.71 bits per heavy atom. The molecule has 2 N–H and O–H groups in total. The number of carbonyl (C=O) groups is 2. The standard InChI is InChI=1S/C23H26ClN3O3S/c24-19-5-2-17(3-6-19)15-27-20-14-18(4-7-21(20)31-16-22(27)28)23(29)25-8-1-9-26-10-12-30-13-11-26/h2-7,14H,1,8-13,15-16H2,(H,25,29)/p+1. The van der Waals surface area contributed by atoms with Crippen molar-refractivity contribution >= 4 is 40.9 Å². The summed E-state index contributed by atoms with van der Waals surface area (Å²) < 4.78 is 5.38. The highest BCUT2D eigenvalue weighted by Gasteiger charge is 2.26. The minimum Gasteiger partial charge on any atom is -0.370 e. The number of carbonyl (C=O) groups excluding carboxylic acids is 2. The molecule has 31 heavy (non-hydrogen) atoms. The van der Waals surface area contributed by atoms with Gasteiger partial charge in [-0.2, -0.15) is 0 Å². The first-order valence-electron chi connectivity index (χ1n) is 10.6. The minimum atomic E-state index is -0.103. The van der Waals surface area contributed by atoms with Crippen molar-refractivity contribution in [3.63, 3.8) is 0 Å². The van der Waals surface area contributed by atoms with Gasteiger partial charge in [-0.1, -0.05) is 23.7 Å². The van der Waals surface area contributed by atoms with E-state index in [2.05, 4.69) is 5.32 Å². The lowest BCUT2D eigenvalue weighted by Crippen LogP contribution is -3.14. The molecule has 1 fully saturated rings. The van der Waals surface area contributed by atoms with Crippen molar-refractivity contribution in [2.45, 2.75) is 17.9 Å². The first kappa shape index (κ1) is 22.1. The van der Waals surface area contributed by atoms with Crippen LogP contribution in [0.4, 0.5) is 5.69 Å². The zero-order chi connectivity index (χ0) is 21.6.